The van der Waals surface area contributed by atoms with Gasteiger partial charge >= 0.3 is 0 Å². The van der Waals surface area contributed by atoms with E-state index in [1.165, 1.54) is 11.3 Å². The number of aromatic nitrogens is 2. The number of nitrogens with zero attached hydrogens (tertiary/aromatic N) is 3. The molecule has 0 spiro atoms. The molecule has 148 valence electrons. The van der Waals surface area contributed by atoms with Gasteiger partial charge in [-0.05, 0) is 38.1 Å². The minimum Gasteiger partial charge on any atom is -0.351 e. The van der Waals surface area contributed by atoms with Gasteiger partial charge in [-0.3, -0.25) is 14.7 Å². The van der Waals surface area contributed by atoms with Crippen molar-refractivity contribution in [3.63, 3.8) is 0 Å². The van der Waals surface area contributed by atoms with Crippen LogP contribution < -0.4 is 0 Å². The third kappa shape index (κ3) is 4.03. The number of ether oxygens (including phenoxy) is 1. The number of Topliss-reactive ketones (excluding diaryl/α,β-unsaturated/α-hetero) is 1. The number of aryl methyl sites for hydroxylation is 2. The quantitative estimate of drug-likeness (QED) is 0.536. The lowest BCUT2D eigenvalue weighted by Gasteiger charge is -2.34. The second-order valence-corrected chi connectivity index (χ2v) is 9.39. The maximum absolute atomic E-state index is 12.7. The highest BCUT2D eigenvalue weighted by Gasteiger charge is 2.27. The van der Waals surface area contributed by atoms with Crippen molar-refractivity contribution >= 4 is 39.9 Å². The van der Waals surface area contributed by atoms with E-state index in [1.807, 2.05) is 49.1 Å². The number of thioether (sulfide) groups is 1. The molecule has 0 aromatic carbocycles. The van der Waals surface area contributed by atoms with Gasteiger partial charge in [0, 0.05) is 54.0 Å². The first kappa shape index (κ1) is 19.6. The number of carbonyl (C=O) groups excluding carboxylic acids is 1. The lowest BCUT2D eigenvalue weighted by Crippen LogP contribution is -2.38. The van der Waals surface area contributed by atoms with E-state index >= 15 is 0 Å². The number of fused-ring (bicyclic) bond motifs is 1. The van der Waals surface area contributed by atoms with Crippen molar-refractivity contribution in [1.29, 1.82) is 0 Å². The Balaban J connectivity index is 1.64. The van der Waals surface area contributed by atoms with Crippen LogP contribution in [0.5, 0.6) is 0 Å². The summed E-state index contributed by atoms with van der Waals surface area (Å²) in [7, 11) is 0. The third-order valence-electron chi connectivity index (χ3n) is 5.05. The first-order valence-corrected chi connectivity index (χ1v) is 11.6. The Kier molecular flexibility index (Phi) is 6.16. The maximum atomic E-state index is 12.7. The number of thiophene rings is 1. The molecule has 5 nitrogen and oxygen atoms in total. The van der Waals surface area contributed by atoms with E-state index in [9.17, 15) is 4.79 Å². The first-order valence-electron chi connectivity index (χ1n) is 9.64. The highest BCUT2D eigenvalue weighted by atomic mass is 32.2. The van der Waals surface area contributed by atoms with E-state index in [0.717, 1.165) is 57.5 Å². The van der Waals surface area contributed by atoms with Crippen molar-refractivity contribution < 1.29 is 9.53 Å². The fraction of sp³-hybridized carbons (Fsp3) is 0.429. The molecule has 0 aliphatic carbocycles. The van der Waals surface area contributed by atoms with Gasteiger partial charge in [0.1, 0.15) is 12.8 Å². The van der Waals surface area contributed by atoms with Crippen LogP contribution in [-0.4, -0.2) is 51.4 Å². The molecular weight excluding hydrogens is 390 g/mol. The van der Waals surface area contributed by atoms with Gasteiger partial charge in [-0.15, -0.1) is 11.3 Å². The molecule has 28 heavy (non-hydrogen) atoms. The minimum absolute atomic E-state index is 0.0469. The van der Waals surface area contributed by atoms with Crippen molar-refractivity contribution in [3.05, 3.63) is 52.0 Å². The summed E-state index contributed by atoms with van der Waals surface area (Å²) in [5.74, 6) is 2.22. The van der Waals surface area contributed by atoms with Crippen LogP contribution in [0.1, 0.15) is 33.3 Å². The molecule has 7 heteroatoms. The molecule has 0 saturated carbocycles. The number of hydrogen-bond donors (Lipinski definition) is 0. The van der Waals surface area contributed by atoms with Gasteiger partial charge in [-0.1, -0.05) is 0 Å². The molecule has 1 unspecified atom stereocenters. The molecule has 0 radical (unpaired) electrons. The van der Waals surface area contributed by atoms with Crippen LogP contribution in [0, 0.1) is 6.92 Å². The van der Waals surface area contributed by atoms with Gasteiger partial charge in [0.15, 0.2) is 5.78 Å². The average Bonchev–Trinajstić information content (AvgIpc) is 3.35. The molecule has 3 aromatic heterocycles. The minimum atomic E-state index is -0.239. The lowest BCUT2D eigenvalue weighted by molar-refractivity contribution is -0.0492. The standard InChI is InChI=1S/C21H25N3O2S2/c1-3-23-9-7-17-20(23)16(6-8-22-17)21(24-10-12-27-13-11-24)26-14-18(25)19-5-4-15(2)28-19/h4-9,21H,3,10-14H2,1-2H3. The van der Waals surface area contributed by atoms with E-state index in [1.54, 1.807) is 0 Å². The zero-order valence-electron chi connectivity index (χ0n) is 16.3. The Hall–Kier alpha value is -1.67. The van der Waals surface area contributed by atoms with Crippen molar-refractivity contribution in [1.82, 2.24) is 14.5 Å². The summed E-state index contributed by atoms with van der Waals surface area (Å²) >= 11 is 3.50. The Morgan fingerprint density at radius 3 is 2.79 bits per heavy atom. The molecule has 0 N–H and O–H groups in total. The van der Waals surface area contributed by atoms with Crippen LogP contribution >= 0.6 is 23.1 Å². The number of carbonyl (C=O) groups is 1. The Morgan fingerprint density at radius 1 is 1.25 bits per heavy atom. The molecular formula is C21H25N3O2S2. The second-order valence-electron chi connectivity index (χ2n) is 6.88. The Morgan fingerprint density at radius 2 is 2.07 bits per heavy atom. The molecule has 1 atom stereocenters. The molecule has 1 fully saturated rings. The summed E-state index contributed by atoms with van der Waals surface area (Å²) in [6, 6.07) is 7.97. The van der Waals surface area contributed by atoms with Gasteiger partial charge in [0.2, 0.25) is 0 Å². The smallest absolute Gasteiger partial charge is 0.198 e. The van der Waals surface area contributed by atoms with Crippen molar-refractivity contribution in [3.8, 4) is 0 Å². The highest BCUT2D eigenvalue weighted by molar-refractivity contribution is 7.99. The highest BCUT2D eigenvalue weighted by Crippen LogP contribution is 2.31. The van der Waals surface area contributed by atoms with E-state index in [-0.39, 0.29) is 18.6 Å². The van der Waals surface area contributed by atoms with Crippen molar-refractivity contribution in [2.24, 2.45) is 0 Å². The molecule has 1 aliphatic rings. The summed E-state index contributed by atoms with van der Waals surface area (Å²) in [5.41, 5.74) is 3.17. The Bertz CT molecular complexity index is 960. The monoisotopic (exact) mass is 415 g/mol. The zero-order valence-corrected chi connectivity index (χ0v) is 17.9. The number of hydrogen-bond acceptors (Lipinski definition) is 6. The fourth-order valence-corrected chi connectivity index (χ4v) is 5.36. The molecule has 1 aliphatic heterocycles. The molecule has 1 saturated heterocycles. The number of ketones is 1. The Labute approximate surface area is 173 Å². The van der Waals surface area contributed by atoms with Crippen LogP contribution in [0.25, 0.3) is 11.0 Å². The molecule has 0 bridgehead atoms. The summed E-state index contributed by atoms with van der Waals surface area (Å²) in [5, 5.41) is 0. The normalized spacial score (nSPS) is 16.5. The first-order chi connectivity index (χ1) is 13.7. The largest absolute Gasteiger partial charge is 0.351 e. The van der Waals surface area contributed by atoms with Crippen molar-refractivity contribution in [2.75, 3.05) is 31.2 Å². The number of pyridine rings is 1. The molecule has 3 aromatic rings. The van der Waals surface area contributed by atoms with E-state index in [0.29, 0.717) is 0 Å². The fourth-order valence-electron chi connectivity index (χ4n) is 3.63. The summed E-state index contributed by atoms with van der Waals surface area (Å²) in [6.45, 7) is 7.02. The summed E-state index contributed by atoms with van der Waals surface area (Å²) in [6.07, 6.45) is 3.68. The topological polar surface area (TPSA) is 47.4 Å². The number of rotatable bonds is 7. The van der Waals surface area contributed by atoms with Crippen LogP contribution in [0.15, 0.2) is 36.7 Å². The molecule has 4 heterocycles. The zero-order chi connectivity index (χ0) is 19.5. The van der Waals surface area contributed by atoms with Gasteiger partial charge in [0.05, 0.1) is 15.9 Å². The van der Waals surface area contributed by atoms with Crippen LogP contribution in [0.4, 0.5) is 0 Å². The van der Waals surface area contributed by atoms with Gasteiger partial charge in [-0.25, -0.2) is 0 Å². The average molecular weight is 416 g/mol. The van der Waals surface area contributed by atoms with Crippen LogP contribution in [0.2, 0.25) is 0 Å². The van der Waals surface area contributed by atoms with E-state index < -0.39 is 0 Å². The predicted octanol–water partition coefficient (Wildman–Crippen LogP) is 4.37. The van der Waals surface area contributed by atoms with Crippen LogP contribution in [-0.2, 0) is 11.3 Å². The predicted molar refractivity (Wildman–Crippen MR) is 116 cm³/mol. The lowest BCUT2D eigenvalue weighted by atomic mass is 10.1. The SMILES string of the molecule is CCn1ccc2nccc(C(OCC(=O)c3ccc(C)s3)N3CCSCC3)c21. The maximum Gasteiger partial charge on any atom is 0.198 e. The van der Waals surface area contributed by atoms with E-state index in [2.05, 4.69) is 27.6 Å². The second kappa shape index (κ2) is 8.78. The van der Waals surface area contributed by atoms with Gasteiger partial charge < -0.3 is 9.30 Å². The van der Waals surface area contributed by atoms with Gasteiger partial charge in [0.25, 0.3) is 0 Å². The summed E-state index contributed by atoms with van der Waals surface area (Å²) < 4.78 is 8.51. The third-order valence-corrected chi connectivity index (χ3v) is 7.04. The van der Waals surface area contributed by atoms with Crippen LogP contribution in [0.3, 0.4) is 0 Å². The summed E-state index contributed by atoms with van der Waals surface area (Å²) in [4.78, 5) is 21.4. The van der Waals surface area contributed by atoms with Crippen molar-refractivity contribution in [2.45, 2.75) is 26.6 Å². The van der Waals surface area contributed by atoms with E-state index in [4.69, 9.17) is 4.74 Å². The molecule has 0 amide bonds. The molecule has 4 rings (SSSR count). The van der Waals surface area contributed by atoms with Gasteiger partial charge in [-0.2, -0.15) is 11.8 Å².